The lowest BCUT2D eigenvalue weighted by Crippen LogP contribution is -2.45. The minimum atomic E-state index is -0.509. The molecule has 0 saturated carbocycles. The minimum Gasteiger partial charge on any atom is -0.444 e. The summed E-state index contributed by atoms with van der Waals surface area (Å²) in [7, 11) is 0. The van der Waals surface area contributed by atoms with Gasteiger partial charge in [-0.2, -0.15) is 0 Å². The number of rotatable bonds is 3. The monoisotopic (exact) mass is 382 g/mol. The van der Waals surface area contributed by atoms with E-state index in [1.54, 1.807) is 17.0 Å². The second-order valence-corrected chi connectivity index (χ2v) is 7.60. The van der Waals surface area contributed by atoms with Gasteiger partial charge < -0.3 is 15.0 Å². The molecule has 2 amide bonds. The van der Waals surface area contributed by atoms with Crippen molar-refractivity contribution < 1.29 is 14.3 Å². The van der Waals surface area contributed by atoms with Gasteiger partial charge in [-0.15, -0.1) is 0 Å². The van der Waals surface area contributed by atoms with Crippen LogP contribution in [0.4, 0.5) is 4.79 Å². The van der Waals surface area contributed by atoms with Crippen molar-refractivity contribution in [1.82, 2.24) is 10.2 Å². The molecule has 1 atom stereocenters. The van der Waals surface area contributed by atoms with Gasteiger partial charge in [-0.25, -0.2) is 4.79 Å². The molecule has 2 rings (SSSR count). The lowest BCUT2D eigenvalue weighted by Gasteiger charge is -2.28. The third kappa shape index (κ3) is 5.23. The van der Waals surface area contributed by atoms with Crippen molar-refractivity contribution in [2.24, 2.45) is 0 Å². The fourth-order valence-electron chi connectivity index (χ4n) is 2.52. The van der Waals surface area contributed by atoms with Crippen LogP contribution in [0.3, 0.4) is 0 Å². The Labute approximate surface area is 145 Å². The summed E-state index contributed by atoms with van der Waals surface area (Å²) in [5, 5.41) is 2.90. The van der Waals surface area contributed by atoms with Gasteiger partial charge in [0.05, 0.1) is 6.04 Å². The first-order valence-electron chi connectivity index (χ1n) is 7.79. The van der Waals surface area contributed by atoms with Crippen molar-refractivity contribution in [3.63, 3.8) is 0 Å². The number of carbonyl (C=O) groups is 2. The molecule has 6 heteroatoms. The highest BCUT2D eigenvalue weighted by Gasteiger charge is 2.32. The second-order valence-electron chi connectivity index (χ2n) is 6.69. The van der Waals surface area contributed by atoms with E-state index in [2.05, 4.69) is 21.2 Å². The van der Waals surface area contributed by atoms with E-state index < -0.39 is 5.60 Å². The molecule has 1 aromatic rings. The predicted molar refractivity (Wildman–Crippen MR) is 92.4 cm³/mol. The van der Waals surface area contributed by atoms with E-state index in [-0.39, 0.29) is 18.0 Å². The smallest absolute Gasteiger partial charge is 0.410 e. The predicted octanol–water partition coefficient (Wildman–Crippen LogP) is 3.58. The highest BCUT2D eigenvalue weighted by atomic mass is 79.9. The summed E-state index contributed by atoms with van der Waals surface area (Å²) in [4.78, 5) is 26.1. The fraction of sp³-hybridized carbons (Fsp3) is 0.529. The first-order valence-corrected chi connectivity index (χ1v) is 8.59. The van der Waals surface area contributed by atoms with Gasteiger partial charge in [0.2, 0.25) is 0 Å². The molecule has 0 radical (unpaired) electrons. The average molecular weight is 383 g/mol. The largest absolute Gasteiger partial charge is 0.444 e. The number of nitrogens with zero attached hydrogens (tertiary/aromatic N) is 1. The van der Waals surface area contributed by atoms with Crippen molar-refractivity contribution >= 4 is 27.9 Å². The van der Waals surface area contributed by atoms with Crippen LogP contribution in [0.2, 0.25) is 0 Å². The van der Waals surface area contributed by atoms with Gasteiger partial charge in [-0.05, 0) is 57.9 Å². The highest BCUT2D eigenvalue weighted by molar-refractivity contribution is 9.10. The number of hydrogen-bond donors (Lipinski definition) is 1. The molecule has 1 fully saturated rings. The second kappa shape index (κ2) is 7.34. The zero-order chi connectivity index (χ0) is 17.0. The summed E-state index contributed by atoms with van der Waals surface area (Å²) in [6.07, 6.45) is 1.50. The lowest BCUT2D eigenvalue weighted by atomic mass is 10.2. The Morgan fingerprint density at radius 2 is 1.96 bits per heavy atom. The lowest BCUT2D eigenvalue weighted by molar-refractivity contribution is 0.0225. The van der Waals surface area contributed by atoms with Gasteiger partial charge in [0.25, 0.3) is 5.91 Å². The van der Waals surface area contributed by atoms with Crippen LogP contribution in [0.25, 0.3) is 0 Å². The van der Waals surface area contributed by atoms with Gasteiger partial charge >= 0.3 is 6.09 Å². The summed E-state index contributed by atoms with van der Waals surface area (Å²) < 4.78 is 6.36. The summed E-state index contributed by atoms with van der Waals surface area (Å²) in [6, 6.07) is 7.18. The van der Waals surface area contributed by atoms with Crippen LogP contribution in [0.1, 0.15) is 44.0 Å². The Morgan fingerprint density at radius 1 is 1.30 bits per heavy atom. The van der Waals surface area contributed by atoms with Crippen molar-refractivity contribution in [2.75, 3.05) is 13.1 Å². The molecular formula is C17H23BrN2O3. The van der Waals surface area contributed by atoms with Crippen LogP contribution < -0.4 is 5.32 Å². The average Bonchev–Trinajstić information content (AvgIpc) is 2.92. The van der Waals surface area contributed by atoms with Gasteiger partial charge in [-0.1, -0.05) is 15.9 Å². The minimum absolute atomic E-state index is 0.00996. The van der Waals surface area contributed by atoms with Crippen molar-refractivity contribution in [1.29, 1.82) is 0 Å². The summed E-state index contributed by atoms with van der Waals surface area (Å²) in [5.41, 5.74) is 0.0975. The third-order valence-corrected chi connectivity index (χ3v) is 4.14. The van der Waals surface area contributed by atoms with Crippen LogP contribution >= 0.6 is 15.9 Å². The first kappa shape index (κ1) is 17.8. The molecule has 5 nitrogen and oxygen atoms in total. The van der Waals surface area contributed by atoms with E-state index in [0.717, 1.165) is 17.3 Å². The number of hydrogen-bond acceptors (Lipinski definition) is 3. The Balaban J connectivity index is 1.90. The molecule has 1 aromatic carbocycles. The molecular weight excluding hydrogens is 360 g/mol. The van der Waals surface area contributed by atoms with Crippen LogP contribution in [0.15, 0.2) is 28.7 Å². The summed E-state index contributed by atoms with van der Waals surface area (Å²) in [5.74, 6) is -0.131. The SMILES string of the molecule is CC(C)(C)OC(=O)N1CCCC1CNC(=O)c1ccc(Br)cc1. The molecule has 0 aliphatic carbocycles. The Bertz CT molecular complexity index is 566. The van der Waals surface area contributed by atoms with E-state index in [4.69, 9.17) is 4.74 Å². The highest BCUT2D eigenvalue weighted by Crippen LogP contribution is 2.20. The van der Waals surface area contributed by atoms with E-state index >= 15 is 0 Å². The Morgan fingerprint density at radius 3 is 2.57 bits per heavy atom. The molecule has 23 heavy (non-hydrogen) atoms. The standard InChI is InChI=1S/C17H23BrN2O3/c1-17(2,3)23-16(22)20-10-4-5-14(20)11-19-15(21)12-6-8-13(18)9-7-12/h6-9,14H,4-5,10-11H2,1-3H3,(H,19,21). The van der Waals surface area contributed by atoms with E-state index in [1.807, 2.05) is 32.9 Å². The van der Waals surface area contributed by atoms with Crippen LogP contribution in [-0.2, 0) is 4.74 Å². The summed E-state index contributed by atoms with van der Waals surface area (Å²) in [6.45, 7) is 6.67. The van der Waals surface area contributed by atoms with Crippen molar-refractivity contribution in [3.05, 3.63) is 34.3 Å². The topological polar surface area (TPSA) is 58.6 Å². The van der Waals surface area contributed by atoms with Crippen LogP contribution in [-0.4, -0.2) is 41.6 Å². The maximum Gasteiger partial charge on any atom is 0.410 e. The van der Waals surface area contributed by atoms with Gasteiger partial charge in [0, 0.05) is 23.1 Å². The Hall–Kier alpha value is -1.56. The Kier molecular flexibility index (Phi) is 5.68. The molecule has 1 aliphatic heterocycles. The third-order valence-electron chi connectivity index (χ3n) is 3.61. The number of ether oxygens (including phenoxy) is 1. The maximum absolute atomic E-state index is 12.2. The molecule has 1 heterocycles. The molecule has 1 aliphatic rings. The van der Waals surface area contributed by atoms with E-state index in [9.17, 15) is 9.59 Å². The first-order chi connectivity index (χ1) is 10.8. The molecule has 0 spiro atoms. The molecule has 0 bridgehead atoms. The number of halogens is 1. The quantitative estimate of drug-likeness (QED) is 0.868. The molecule has 126 valence electrons. The van der Waals surface area contributed by atoms with Gasteiger partial charge in [0.15, 0.2) is 0 Å². The zero-order valence-corrected chi connectivity index (χ0v) is 15.4. The molecule has 1 N–H and O–H groups in total. The number of amides is 2. The van der Waals surface area contributed by atoms with Crippen LogP contribution in [0.5, 0.6) is 0 Å². The normalized spacial score (nSPS) is 17.9. The molecule has 1 unspecified atom stereocenters. The van der Waals surface area contributed by atoms with Crippen molar-refractivity contribution in [3.8, 4) is 0 Å². The number of carbonyl (C=O) groups excluding carboxylic acids is 2. The summed E-state index contributed by atoms with van der Waals surface area (Å²) >= 11 is 3.35. The van der Waals surface area contributed by atoms with E-state index in [1.165, 1.54) is 0 Å². The zero-order valence-electron chi connectivity index (χ0n) is 13.8. The van der Waals surface area contributed by atoms with Crippen LogP contribution in [0, 0.1) is 0 Å². The maximum atomic E-state index is 12.2. The fourth-order valence-corrected chi connectivity index (χ4v) is 2.79. The van der Waals surface area contributed by atoms with Crippen molar-refractivity contribution in [2.45, 2.75) is 45.3 Å². The number of benzene rings is 1. The molecule has 1 saturated heterocycles. The van der Waals surface area contributed by atoms with Gasteiger partial charge in [-0.3, -0.25) is 4.79 Å². The van der Waals surface area contributed by atoms with Gasteiger partial charge in [0.1, 0.15) is 5.60 Å². The molecule has 0 aromatic heterocycles. The number of nitrogens with one attached hydrogen (secondary N) is 1. The number of likely N-dealkylation sites (tertiary alicyclic amines) is 1. The van der Waals surface area contributed by atoms with E-state index in [0.29, 0.717) is 18.7 Å².